The highest BCUT2D eigenvalue weighted by molar-refractivity contribution is 7.89. The van der Waals surface area contributed by atoms with Gasteiger partial charge >= 0.3 is 6.03 Å². The third kappa shape index (κ3) is 4.14. The van der Waals surface area contributed by atoms with E-state index in [1.54, 1.807) is 18.7 Å². The first-order valence-electron chi connectivity index (χ1n) is 8.93. The molecule has 2 aromatic rings. The molecule has 2 amide bonds. The van der Waals surface area contributed by atoms with Crippen molar-refractivity contribution in [3.05, 3.63) is 41.2 Å². The van der Waals surface area contributed by atoms with E-state index in [-0.39, 0.29) is 17.5 Å². The van der Waals surface area contributed by atoms with Crippen molar-refractivity contribution < 1.29 is 13.2 Å². The molecule has 0 aliphatic carbocycles. The zero-order valence-electron chi connectivity index (χ0n) is 15.8. The van der Waals surface area contributed by atoms with E-state index in [9.17, 15) is 13.2 Å². The second-order valence-corrected chi connectivity index (χ2v) is 8.68. The molecule has 2 N–H and O–H groups in total. The van der Waals surface area contributed by atoms with E-state index in [1.165, 1.54) is 4.31 Å². The maximum Gasteiger partial charge on any atom is 0.321 e. The zero-order chi connectivity index (χ0) is 19.6. The molecule has 1 aliphatic rings. The van der Waals surface area contributed by atoms with Gasteiger partial charge in [-0.1, -0.05) is 17.7 Å². The maximum atomic E-state index is 13.0. The lowest BCUT2D eigenvalue weighted by atomic mass is 10.2. The lowest BCUT2D eigenvalue weighted by molar-refractivity contribution is 0.214. The Morgan fingerprint density at radius 3 is 2.41 bits per heavy atom. The largest absolute Gasteiger partial charge is 0.323 e. The van der Waals surface area contributed by atoms with Gasteiger partial charge in [0.15, 0.2) is 0 Å². The predicted molar refractivity (Wildman–Crippen MR) is 103 cm³/mol. The number of H-pyrrole nitrogens is 1. The number of carbonyl (C=O) groups is 1. The Balaban J connectivity index is 1.68. The minimum atomic E-state index is -3.63. The number of hydrogen-bond donors (Lipinski definition) is 2. The summed E-state index contributed by atoms with van der Waals surface area (Å²) in [5.41, 5.74) is 2.84. The van der Waals surface area contributed by atoms with E-state index < -0.39 is 10.0 Å². The van der Waals surface area contributed by atoms with Crippen molar-refractivity contribution in [3.8, 4) is 0 Å². The summed E-state index contributed by atoms with van der Waals surface area (Å²) >= 11 is 0. The summed E-state index contributed by atoms with van der Waals surface area (Å²) in [7, 11) is -3.63. The maximum absolute atomic E-state index is 13.0. The summed E-state index contributed by atoms with van der Waals surface area (Å²) in [5, 5.41) is 9.59. The van der Waals surface area contributed by atoms with Crippen LogP contribution >= 0.6 is 0 Å². The first kappa shape index (κ1) is 19.4. The number of anilines is 1. The number of nitrogens with one attached hydrogen (secondary N) is 2. The molecule has 27 heavy (non-hydrogen) atoms. The van der Waals surface area contributed by atoms with E-state index in [0.29, 0.717) is 37.4 Å². The number of benzene rings is 1. The van der Waals surface area contributed by atoms with Crippen LogP contribution in [0.1, 0.15) is 23.4 Å². The van der Waals surface area contributed by atoms with Gasteiger partial charge < -0.3 is 10.2 Å². The van der Waals surface area contributed by atoms with Gasteiger partial charge in [0.25, 0.3) is 0 Å². The Morgan fingerprint density at radius 2 is 1.78 bits per heavy atom. The molecular weight excluding hydrogens is 366 g/mol. The SMILES string of the molecule is Cc1ccc(NC(=O)N2CCCN(S(=O)(=O)c3c(C)n[nH]c3C)CC2)cc1. The number of hydrogen-bond acceptors (Lipinski definition) is 4. The van der Waals surface area contributed by atoms with Crippen LogP contribution in [0, 0.1) is 20.8 Å². The van der Waals surface area contributed by atoms with Crippen LogP contribution < -0.4 is 5.32 Å². The fraction of sp³-hybridized carbons (Fsp3) is 0.444. The normalized spacial score (nSPS) is 16.2. The zero-order valence-corrected chi connectivity index (χ0v) is 16.6. The fourth-order valence-electron chi connectivity index (χ4n) is 3.23. The number of nitrogens with zero attached hydrogens (tertiary/aromatic N) is 3. The molecule has 1 aliphatic heterocycles. The standard InChI is InChI=1S/C18H25N5O3S/c1-13-5-7-16(8-6-13)19-18(24)22-9-4-10-23(12-11-22)27(25,26)17-14(2)20-21-15(17)3/h5-8H,4,9-12H2,1-3H3,(H,19,24)(H,20,21). The van der Waals surface area contributed by atoms with Crippen LogP contribution in [0.3, 0.4) is 0 Å². The molecule has 0 unspecified atom stereocenters. The van der Waals surface area contributed by atoms with E-state index in [1.807, 2.05) is 31.2 Å². The summed E-state index contributed by atoms with van der Waals surface area (Å²) < 4.78 is 27.4. The quantitative estimate of drug-likeness (QED) is 0.838. The third-order valence-electron chi connectivity index (χ3n) is 4.70. The van der Waals surface area contributed by atoms with E-state index in [4.69, 9.17) is 0 Å². The van der Waals surface area contributed by atoms with Crippen LogP contribution in [0.2, 0.25) is 0 Å². The molecule has 8 nitrogen and oxygen atoms in total. The van der Waals surface area contributed by atoms with Crippen molar-refractivity contribution in [2.45, 2.75) is 32.1 Å². The van der Waals surface area contributed by atoms with Crippen LogP contribution in [-0.2, 0) is 10.0 Å². The molecule has 146 valence electrons. The highest BCUT2D eigenvalue weighted by Crippen LogP contribution is 2.23. The molecule has 1 saturated heterocycles. The van der Waals surface area contributed by atoms with Gasteiger partial charge in [0, 0.05) is 31.9 Å². The first-order valence-corrected chi connectivity index (χ1v) is 10.4. The number of aromatic amines is 1. The minimum absolute atomic E-state index is 0.214. The van der Waals surface area contributed by atoms with Crippen LogP contribution in [0.4, 0.5) is 10.5 Å². The van der Waals surface area contributed by atoms with Gasteiger partial charge in [-0.25, -0.2) is 13.2 Å². The number of aromatic nitrogens is 2. The summed E-state index contributed by atoms with van der Waals surface area (Å²) in [6.45, 7) is 6.84. The second kappa shape index (κ2) is 7.69. The fourth-order valence-corrected chi connectivity index (χ4v) is 5.03. The summed E-state index contributed by atoms with van der Waals surface area (Å²) in [6.07, 6.45) is 0.580. The van der Waals surface area contributed by atoms with Crippen molar-refractivity contribution in [2.75, 3.05) is 31.5 Å². The lowest BCUT2D eigenvalue weighted by Gasteiger charge is -2.22. The van der Waals surface area contributed by atoms with Gasteiger partial charge in [-0.2, -0.15) is 9.40 Å². The Bertz CT molecular complexity index is 901. The number of carbonyl (C=O) groups excluding carboxylic acids is 1. The van der Waals surface area contributed by atoms with E-state index in [0.717, 1.165) is 11.3 Å². The molecule has 9 heteroatoms. The lowest BCUT2D eigenvalue weighted by Crippen LogP contribution is -2.39. The predicted octanol–water partition coefficient (Wildman–Crippen LogP) is 2.26. The smallest absolute Gasteiger partial charge is 0.321 e. The van der Waals surface area contributed by atoms with Crippen LogP contribution in [0.15, 0.2) is 29.2 Å². The van der Waals surface area contributed by atoms with E-state index >= 15 is 0 Å². The van der Waals surface area contributed by atoms with Crippen molar-refractivity contribution >= 4 is 21.7 Å². The van der Waals surface area contributed by atoms with Crippen LogP contribution in [-0.4, -0.2) is 60.0 Å². The minimum Gasteiger partial charge on any atom is -0.323 e. The van der Waals surface area contributed by atoms with Gasteiger partial charge in [-0.05, 0) is 39.3 Å². The highest BCUT2D eigenvalue weighted by Gasteiger charge is 2.31. The number of sulfonamides is 1. The average molecular weight is 391 g/mol. The molecule has 1 aromatic carbocycles. The molecule has 0 spiro atoms. The molecule has 0 saturated carbocycles. The molecular formula is C18H25N5O3S. The van der Waals surface area contributed by atoms with Crippen LogP contribution in [0.5, 0.6) is 0 Å². The Morgan fingerprint density at radius 1 is 1.07 bits per heavy atom. The summed E-state index contributed by atoms with van der Waals surface area (Å²) in [4.78, 5) is 14.4. The Labute approximate surface area is 159 Å². The van der Waals surface area contributed by atoms with Crippen LogP contribution in [0.25, 0.3) is 0 Å². The first-order chi connectivity index (χ1) is 12.8. The summed E-state index contributed by atoms with van der Waals surface area (Å²) in [6, 6.07) is 7.36. The molecule has 1 fully saturated rings. The molecule has 0 bridgehead atoms. The summed E-state index contributed by atoms with van der Waals surface area (Å²) in [5.74, 6) is 0. The monoisotopic (exact) mass is 391 g/mol. The Kier molecular flexibility index (Phi) is 5.52. The van der Waals surface area contributed by atoms with Gasteiger partial charge in [-0.3, -0.25) is 5.10 Å². The second-order valence-electron chi connectivity index (χ2n) is 6.80. The van der Waals surface area contributed by atoms with Crippen molar-refractivity contribution in [1.29, 1.82) is 0 Å². The van der Waals surface area contributed by atoms with Crippen molar-refractivity contribution in [3.63, 3.8) is 0 Å². The van der Waals surface area contributed by atoms with Crippen molar-refractivity contribution in [1.82, 2.24) is 19.4 Å². The van der Waals surface area contributed by atoms with Gasteiger partial charge in [-0.15, -0.1) is 0 Å². The highest BCUT2D eigenvalue weighted by atomic mass is 32.2. The molecule has 3 rings (SSSR count). The van der Waals surface area contributed by atoms with Gasteiger partial charge in [0.2, 0.25) is 10.0 Å². The number of rotatable bonds is 3. The number of urea groups is 1. The topological polar surface area (TPSA) is 98.4 Å². The van der Waals surface area contributed by atoms with Gasteiger partial charge in [0.05, 0.1) is 11.4 Å². The molecule has 0 atom stereocenters. The number of amides is 2. The third-order valence-corrected chi connectivity index (χ3v) is 6.87. The van der Waals surface area contributed by atoms with Crippen molar-refractivity contribution in [2.24, 2.45) is 0 Å². The Hall–Kier alpha value is -2.39. The van der Waals surface area contributed by atoms with Gasteiger partial charge in [0.1, 0.15) is 4.90 Å². The molecule has 0 radical (unpaired) electrons. The van der Waals surface area contributed by atoms with E-state index in [2.05, 4.69) is 15.5 Å². The molecule has 1 aromatic heterocycles. The number of aryl methyl sites for hydroxylation is 3. The molecule has 2 heterocycles. The average Bonchev–Trinajstić information content (AvgIpc) is 2.83.